The number of carbonyl (C=O) groups excluding carboxylic acids is 1. The molecule has 0 radical (unpaired) electrons. The van der Waals surface area contributed by atoms with E-state index in [1.807, 2.05) is 0 Å². The maximum Gasteiger partial charge on any atom is 0.323 e. The maximum absolute atomic E-state index is 12.0. The number of rotatable bonds is 10. The Labute approximate surface area is 117 Å². The third kappa shape index (κ3) is 8.27. The van der Waals surface area contributed by atoms with E-state index in [9.17, 15) is 9.59 Å². The van der Waals surface area contributed by atoms with Crippen molar-refractivity contribution in [2.24, 2.45) is 22.2 Å². The van der Waals surface area contributed by atoms with E-state index in [-0.39, 0.29) is 19.1 Å². The molecule has 0 fully saturated rings. The average Bonchev–Trinajstić information content (AvgIpc) is 2.37. The first-order chi connectivity index (χ1) is 9.38. The van der Waals surface area contributed by atoms with E-state index in [4.69, 9.17) is 27.0 Å². The zero-order chi connectivity index (χ0) is 15.5. The number of aliphatic carboxylic acids is 1. The van der Waals surface area contributed by atoms with Gasteiger partial charge in [-0.15, -0.1) is 0 Å². The van der Waals surface area contributed by atoms with Crippen molar-refractivity contribution in [1.82, 2.24) is 4.90 Å². The highest BCUT2D eigenvalue weighted by atomic mass is 16.5. The number of nitrogens with two attached hydrogens (primary N) is 3. The molecule has 0 aromatic carbocycles. The topological polar surface area (TPSA) is 157 Å². The molecular formula is C11H23N5O4. The Morgan fingerprint density at radius 3 is 2.55 bits per heavy atom. The van der Waals surface area contributed by atoms with Crippen LogP contribution >= 0.6 is 0 Å². The Morgan fingerprint density at radius 2 is 2.05 bits per heavy atom. The molecule has 0 bridgehead atoms. The number of ether oxygens (including phenoxy) is 1. The Kier molecular flexibility index (Phi) is 9.05. The lowest BCUT2D eigenvalue weighted by Crippen LogP contribution is -2.47. The SMILES string of the molecule is COCCN(CC(=O)O)C(=O)[C@@H](N)CCCN=C(N)N. The highest BCUT2D eigenvalue weighted by Gasteiger charge is 2.22. The van der Waals surface area contributed by atoms with Crippen LogP contribution in [0.15, 0.2) is 4.99 Å². The molecule has 0 heterocycles. The van der Waals surface area contributed by atoms with Gasteiger partial charge in [0.05, 0.1) is 12.6 Å². The molecule has 0 aliphatic rings. The van der Waals surface area contributed by atoms with Gasteiger partial charge >= 0.3 is 5.97 Å². The number of carboxylic acid groups (broad SMARTS) is 1. The number of nitrogens with zero attached hydrogens (tertiary/aromatic N) is 2. The molecule has 20 heavy (non-hydrogen) atoms. The summed E-state index contributed by atoms with van der Waals surface area (Å²) in [5.41, 5.74) is 16.1. The first-order valence-corrected chi connectivity index (χ1v) is 6.19. The van der Waals surface area contributed by atoms with Crippen molar-refractivity contribution in [2.75, 3.05) is 33.4 Å². The van der Waals surface area contributed by atoms with E-state index >= 15 is 0 Å². The van der Waals surface area contributed by atoms with E-state index in [0.29, 0.717) is 19.4 Å². The summed E-state index contributed by atoms with van der Waals surface area (Å²) in [6, 6.07) is -0.777. The van der Waals surface area contributed by atoms with Gasteiger partial charge in [-0.1, -0.05) is 0 Å². The number of hydrogen-bond donors (Lipinski definition) is 4. The number of carboxylic acids is 1. The van der Waals surface area contributed by atoms with Crippen molar-refractivity contribution in [3.8, 4) is 0 Å². The van der Waals surface area contributed by atoms with Gasteiger partial charge in [-0.05, 0) is 12.8 Å². The van der Waals surface area contributed by atoms with Gasteiger partial charge in [0.1, 0.15) is 6.54 Å². The molecule has 0 saturated heterocycles. The van der Waals surface area contributed by atoms with Crippen molar-refractivity contribution in [2.45, 2.75) is 18.9 Å². The lowest BCUT2D eigenvalue weighted by Gasteiger charge is -2.23. The molecule has 0 spiro atoms. The summed E-state index contributed by atoms with van der Waals surface area (Å²) in [6.45, 7) is 0.410. The highest BCUT2D eigenvalue weighted by Crippen LogP contribution is 2.01. The zero-order valence-electron chi connectivity index (χ0n) is 11.6. The molecule has 9 nitrogen and oxygen atoms in total. The molecule has 9 heteroatoms. The fourth-order valence-electron chi connectivity index (χ4n) is 1.51. The predicted molar refractivity (Wildman–Crippen MR) is 74.0 cm³/mol. The van der Waals surface area contributed by atoms with Gasteiger partial charge in [-0.3, -0.25) is 14.6 Å². The molecule has 0 saturated carbocycles. The number of methoxy groups -OCH3 is 1. The summed E-state index contributed by atoms with van der Waals surface area (Å²) in [7, 11) is 1.47. The average molecular weight is 289 g/mol. The molecule has 0 aromatic rings. The second kappa shape index (κ2) is 9.98. The Morgan fingerprint density at radius 1 is 1.40 bits per heavy atom. The van der Waals surface area contributed by atoms with Gasteiger partial charge in [0.2, 0.25) is 5.91 Å². The summed E-state index contributed by atoms with van der Waals surface area (Å²) in [6.07, 6.45) is 0.911. The van der Waals surface area contributed by atoms with Crippen molar-refractivity contribution in [1.29, 1.82) is 0 Å². The summed E-state index contributed by atoms with van der Waals surface area (Å²) >= 11 is 0. The number of hydrogen-bond acceptors (Lipinski definition) is 5. The molecule has 0 unspecified atom stereocenters. The van der Waals surface area contributed by atoms with Gasteiger partial charge in [-0.25, -0.2) is 0 Å². The standard InChI is InChI=1S/C11H23N5O4/c1-20-6-5-16(7-9(17)18)10(19)8(12)3-2-4-15-11(13)14/h8H,2-7,12H2,1H3,(H,17,18)(H4,13,14,15)/t8-/m0/s1. The normalized spacial score (nSPS) is 11.7. The Hall–Kier alpha value is -1.87. The minimum atomic E-state index is -1.10. The summed E-state index contributed by atoms with van der Waals surface area (Å²) in [5.74, 6) is -1.53. The van der Waals surface area contributed by atoms with Crippen LogP contribution < -0.4 is 17.2 Å². The lowest BCUT2D eigenvalue weighted by molar-refractivity contribution is -0.145. The van der Waals surface area contributed by atoms with Crippen LogP contribution in [-0.2, 0) is 14.3 Å². The minimum absolute atomic E-state index is 0.0162. The third-order valence-electron chi connectivity index (χ3n) is 2.49. The molecule has 0 rings (SSSR count). The van der Waals surface area contributed by atoms with Crippen LogP contribution in [0.1, 0.15) is 12.8 Å². The zero-order valence-corrected chi connectivity index (χ0v) is 11.6. The van der Waals surface area contributed by atoms with Gasteiger partial charge in [0.25, 0.3) is 0 Å². The van der Waals surface area contributed by atoms with Crippen molar-refractivity contribution >= 4 is 17.8 Å². The van der Waals surface area contributed by atoms with Crippen molar-refractivity contribution in [3.63, 3.8) is 0 Å². The largest absolute Gasteiger partial charge is 0.480 e. The van der Waals surface area contributed by atoms with Gasteiger partial charge in [0, 0.05) is 20.2 Å². The second-order valence-electron chi connectivity index (χ2n) is 4.20. The van der Waals surface area contributed by atoms with E-state index < -0.39 is 24.5 Å². The van der Waals surface area contributed by atoms with E-state index in [2.05, 4.69) is 4.99 Å². The molecule has 1 amide bonds. The van der Waals surface area contributed by atoms with Crippen LogP contribution in [0.5, 0.6) is 0 Å². The third-order valence-corrected chi connectivity index (χ3v) is 2.49. The molecule has 0 aliphatic carbocycles. The van der Waals surface area contributed by atoms with Crippen LogP contribution in [0.4, 0.5) is 0 Å². The molecule has 0 aromatic heterocycles. The first kappa shape index (κ1) is 18.1. The fourth-order valence-corrected chi connectivity index (χ4v) is 1.51. The second-order valence-corrected chi connectivity index (χ2v) is 4.20. The van der Waals surface area contributed by atoms with Crippen molar-refractivity contribution < 1.29 is 19.4 Å². The first-order valence-electron chi connectivity index (χ1n) is 6.19. The highest BCUT2D eigenvalue weighted by molar-refractivity contribution is 5.85. The van der Waals surface area contributed by atoms with Gasteiger partial charge < -0.3 is 31.9 Å². The molecule has 0 aliphatic heterocycles. The minimum Gasteiger partial charge on any atom is -0.480 e. The number of carbonyl (C=O) groups is 2. The van der Waals surface area contributed by atoms with Crippen LogP contribution in [0, 0.1) is 0 Å². The maximum atomic E-state index is 12.0. The molecule has 1 atom stereocenters. The molecular weight excluding hydrogens is 266 g/mol. The fraction of sp³-hybridized carbons (Fsp3) is 0.727. The van der Waals surface area contributed by atoms with Crippen LogP contribution in [0.3, 0.4) is 0 Å². The van der Waals surface area contributed by atoms with Crippen LogP contribution in [0.2, 0.25) is 0 Å². The quantitative estimate of drug-likeness (QED) is 0.204. The van der Waals surface area contributed by atoms with E-state index in [1.54, 1.807) is 0 Å². The smallest absolute Gasteiger partial charge is 0.323 e. The monoisotopic (exact) mass is 289 g/mol. The molecule has 7 N–H and O–H groups in total. The number of aliphatic imine (C=N–C) groups is 1. The Bertz CT molecular complexity index is 344. The van der Waals surface area contributed by atoms with Crippen molar-refractivity contribution in [3.05, 3.63) is 0 Å². The summed E-state index contributed by atoms with van der Waals surface area (Å²) < 4.78 is 4.84. The van der Waals surface area contributed by atoms with E-state index in [1.165, 1.54) is 7.11 Å². The van der Waals surface area contributed by atoms with Crippen LogP contribution in [-0.4, -0.2) is 67.2 Å². The van der Waals surface area contributed by atoms with Gasteiger partial charge in [0.15, 0.2) is 5.96 Å². The lowest BCUT2D eigenvalue weighted by atomic mass is 10.1. The number of amides is 1. The van der Waals surface area contributed by atoms with Crippen LogP contribution in [0.25, 0.3) is 0 Å². The predicted octanol–water partition coefficient (Wildman–Crippen LogP) is -2.07. The summed E-state index contributed by atoms with van der Waals surface area (Å²) in [5, 5.41) is 8.77. The number of guanidine groups is 1. The Balaban J connectivity index is 4.31. The summed E-state index contributed by atoms with van der Waals surface area (Å²) in [4.78, 5) is 27.7. The molecule has 116 valence electrons. The van der Waals surface area contributed by atoms with Gasteiger partial charge in [-0.2, -0.15) is 0 Å². The van der Waals surface area contributed by atoms with E-state index in [0.717, 1.165) is 4.90 Å².